The van der Waals surface area contributed by atoms with E-state index in [9.17, 15) is 19.7 Å². The van der Waals surface area contributed by atoms with Gasteiger partial charge in [-0.2, -0.15) is 0 Å². The van der Waals surface area contributed by atoms with Gasteiger partial charge in [-0.05, 0) is 43.0 Å². The molecule has 2 aromatic carbocycles. The van der Waals surface area contributed by atoms with E-state index in [1.165, 1.54) is 17.7 Å². The number of amides is 2. The molecule has 0 radical (unpaired) electrons. The SMILES string of the molecule is O=C(NCCNc1ccc([N+](=O)[O-])cc1)C1CCCCC1C(=O)N1CCc2ccccc21. The van der Waals surface area contributed by atoms with Crippen molar-refractivity contribution < 1.29 is 14.5 Å². The number of benzene rings is 2. The number of hydrogen-bond acceptors (Lipinski definition) is 5. The Hall–Kier alpha value is -3.42. The number of carbonyl (C=O) groups is 2. The highest BCUT2D eigenvalue weighted by Crippen LogP contribution is 2.35. The zero-order valence-corrected chi connectivity index (χ0v) is 18.0. The summed E-state index contributed by atoms with van der Waals surface area (Å²) in [5.74, 6) is -0.583. The van der Waals surface area contributed by atoms with Gasteiger partial charge in [0.2, 0.25) is 11.8 Å². The number of nitro groups is 1. The number of nitro benzene ring substituents is 1. The summed E-state index contributed by atoms with van der Waals surface area (Å²) in [7, 11) is 0. The Balaban J connectivity index is 1.31. The lowest BCUT2D eigenvalue weighted by Gasteiger charge is -2.32. The summed E-state index contributed by atoms with van der Waals surface area (Å²) in [6.07, 6.45) is 4.26. The summed E-state index contributed by atoms with van der Waals surface area (Å²) in [6.45, 7) is 1.59. The fraction of sp³-hybridized carbons (Fsp3) is 0.417. The minimum Gasteiger partial charge on any atom is -0.383 e. The molecular weight excluding hydrogens is 408 g/mol. The minimum absolute atomic E-state index is 0.0393. The first-order valence-electron chi connectivity index (χ1n) is 11.2. The van der Waals surface area contributed by atoms with Gasteiger partial charge >= 0.3 is 0 Å². The van der Waals surface area contributed by atoms with Crippen LogP contribution in [0.25, 0.3) is 0 Å². The van der Waals surface area contributed by atoms with Crippen LogP contribution in [0.1, 0.15) is 31.2 Å². The molecule has 8 heteroatoms. The Morgan fingerprint density at radius 3 is 2.47 bits per heavy atom. The number of fused-ring (bicyclic) bond motifs is 1. The third-order valence-electron chi connectivity index (χ3n) is 6.40. The average Bonchev–Trinajstić information content (AvgIpc) is 3.26. The van der Waals surface area contributed by atoms with E-state index in [-0.39, 0.29) is 29.3 Å². The van der Waals surface area contributed by atoms with E-state index >= 15 is 0 Å². The molecule has 1 saturated carbocycles. The van der Waals surface area contributed by atoms with Crippen LogP contribution in [-0.4, -0.2) is 36.4 Å². The summed E-state index contributed by atoms with van der Waals surface area (Å²) in [5, 5.41) is 16.8. The van der Waals surface area contributed by atoms with Crippen LogP contribution in [0.4, 0.5) is 17.1 Å². The molecule has 0 saturated heterocycles. The molecular formula is C24H28N4O4. The lowest BCUT2D eigenvalue weighted by Crippen LogP contribution is -2.45. The summed E-state index contributed by atoms with van der Waals surface area (Å²) in [6, 6.07) is 14.2. The zero-order valence-electron chi connectivity index (χ0n) is 18.0. The van der Waals surface area contributed by atoms with Crippen LogP contribution < -0.4 is 15.5 Å². The zero-order chi connectivity index (χ0) is 22.5. The highest BCUT2D eigenvalue weighted by atomic mass is 16.6. The smallest absolute Gasteiger partial charge is 0.269 e. The molecule has 1 aliphatic carbocycles. The van der Waals surface area contributed by atoms with Crippen LogP contribution >= 0.6 is 0 Å². The topological polar surface area (TPSA) is 105 Å². The molecule has 0 bridgehead atoms. The molecule has 1 fully saturated rings. The van der Waals surface area contributed by atoms with E-state index in [1.807, 2.05) is 23.1 Å². The fourth-order valence-electron chi connectivity index (χ4n) is 4.73. The molecule has 32 heavy (non-hydrogen) atoms. The van der Waals surface area contributed by atoms with E-state index in [0.717, 1.165) is 43.5 Å². The molecule has 1 heterocycles. The number of anilines is 2. The van der Waals surface area contributed by atoms with Gasteiger partial charge < -0.3 is 15.5 Å². The van der Waals surface area contributed by atoms with Gasteiger partial charge in [0.1, 0.15) is 0 Å². The van der Waals surface area contributed by atoms with Crippen LogP contribution in [0.3, 0.4) is 0 Å². The van der Waals surface area contributed by atoms with Crippen molar-refractivity contribution >= 4 is 28.9 Å². The number of non-ortho nitro benzene ring substituents is 1. The first kappa shape index (κ1) is 21.8. The molecule has 168 valence electrons. The van der Waals surface area contributed by atoms with Crippen LogP contribution in [0.5, 0.6) is 0 Å². The third kappa shape index (κ3) is 4.74. The van der Waals surface area contributed by atoms with Crippen molar-refractivity contribution in [1.82, 2.24) is 5.32 Å². The Labute approximate surface area is 187 Å². The number of hydrogen-bond donors (Lipinski definition) is 2. The molecule has 2 aromatic rings. The Morgan fingerprint density at radius 2 is 1.72 bits per heavy atom. The highest BCUT2D eigenvalue weighted by Gasteiger charge is 2.39. The van der Waals surface area contributed by atoms with Gasteiger partial charge in [0.05, 0.1) is 10.8 Å². The third-order valence-corrected chi connectivity index (χ3v) is 6.40. The monoisotopic (exact) mass is 436 g/mol. The first-order valence-corrected chi connectivity index (χ1v) is 11.2. The van der Waals surface area contributed by atoms with Crippen molar-refractivity contribution in [2.24, 2.45) is 11.8 Å². The molecule has 2 unspecified atom stereocenters. The van der Waals surface area contributed by atoms with Gasteiger partial charge in [-0.3, -0.25) is 19.7 Å². The Morgan fingerprint density at radius 1 is 1.00 bits per heavy atom. The lowest BCUT2D eigenvalue weighted by atomic mass is 9.77. The van der Waals surface area contributed by atoms with E-state index in [0.29, 0.717) is 19.6 Å². The van der Waals surface area contributed by atoms with E-state index in [1.54, 1.807) is 12.1 Å². The maximum absolute atomic E-state index is 13.4. The minimum atomic E-state index is -0.438. The quantitative estimate of drug-likeness (QED) is 0.393. The molecule has 4 rings (SSSR count). The maximum atomic E-state index is 13.4. The fourth-order valence-corrected chi connectivity index (χ4v) is 4.73. The predicted octanol–water partition coefficient (Wildman–Crippen LogP) is 3.52. The van der Waals surface area contributed by atoms with Crippen molar-refractivity contribution in [1.29, 1.82) is 0 Å². The molecule has 1 aliphatic heterocycles. The standard InChI is InChI=1S/C24H28N4O4/c29-23(26-15-14-25-18-9-11-19(12-10-18)28(31)32)20-6-2-3-7-21(20)24(30)27-16-13-17-5-1-4-8-22(17)27/h1,4-5,8-12,20-21,25H,2-3,6-7,13-16H2,(H,26,29). The van der Waals surface area contributed by atoms with Crippen molar-refractivity contribution in [2.45, 2.75) is 32.1 Å². The predicted molar refractivity (Wildman–Crippen MR) is 123 cm³/mol. The molecule has 2 N–H and O–H groups in total. The second-order valence-electron chi connectivity index (χ2n) is 8.39. The van der Waals surface area contributed by atoms with Crippen molar-refractivity contribution in [3.05, 3.63) is 64.2 Å². The van der Waals surface area contributed by atoms with E-state index < -0.39 is 4.92 Å². The Kier molecular flexibility index (Phi) is 6.68. The van der Waals surface area contributed by atoms with E-state index in [2.05, 4.69) is 16.7 Å². The van der Waals surface area contributed by atoms with Crippen LogP contribution in [0.2, 0.25) is 0 Å². The van der Waals surface area contributed by atoms with Gasteiger partial charge in [-0.25, -0.2) is 0 Å². The van der Waals surface area contributed by atoms with Crippen LogP contribution in [0.15, 0.2) is 48.5 Å². The van der Waals surface area contributed by atoms with Crippen molar-refractivity contribution in [2.75, 3.05) is 29.9 Å². The molecule has 0 aromatic heterocycles. The lowest BCUT2D eigenvalue weighted by molar-refractivity contribution is -0.384. The van der Waals surface area contributed by atoms with Gasteiger partial charge in [0.25, 0.3) is 5.69 Å². The first-order chi connectivity index (χ1) is 15.5. The van der Waals surface area contributed by atoms with Gasteiger partial charge in [0, 0.05) is 49.1 Å². The van der Waals surface area contributed by atoms with Gasteiger partial charge in [0.15, 0.2) is 0 Å². The maximum Gasteiger partial charge on any atom is 0.269 e. The molecule has 2 atom stereocenters. The molecule has 2 amide bonds. The second-order valence-corrected chi connectivity index (χ2v) is 8.39. The number of para-hydroxylation sites is 1. The van der Waals surface area contributed by atoms with Gasteiger partial charge in [-0.15, -0.1) is 0 Å². The molecule has 2 aliphatic rings. The highest BCUT2D eigenvalue weighted by molar-refractivity contribution is 5.99. The Bertz CT molecular complexity index is 992. The van der Waals surface area contributed by atoms with Crippen LogP contribution in [0, 0.1) is 22.0 Å². The molecule has 0 spiro atoms. The summed E-state index contributed by atoms with van der Waals surface area (Å²) in [4.78, 5) is 38.4. The number of nitrogens with one attached hydrogen (secondary N) is 2. The van der Waals surface area contributed by atoms with Crippen molar-refractivity contribution in [3.8, 4) is 0 Å². The average molecular weight is 437 g/mol. The number of carbonyl (C=O) groups excluding carboxylic acids is 2. The second kappa shape index (κ2) is 9.80. The number of rotatable bonds is 7. The van der Waals surface area contributed by atoms with E-state index in [4.69, 9.17) is 0 Å². The molecule has 8 nitrogen and oxygen atoms in total. The number of nitrogens with zero attached hydrogens (tertiary/aromatic N) is 2. The van der Waals surface area contributed by atoms with Crippen molar-refractivity contribution in [3.63, 3.8) is 0 Å². The summed E-state index contributed by atoms with van der Waals surface area (Å²) >= 11 is 0. The normalized spacial score (nSPS) is 19.8. The largest absolute Gasteiger partial charge is 0.383 e. The van der Waals surface area contributed by atoms with Crippen LogP contribution in [-0.2, 0) is 16.0 Å². The summed E-state index contributed by atoms with van der Waals surface area (Å²) in [5.41, 5.74) is 2.96. The van der Waals surface area contributed by atoms with Gasteiger partial charge in [-0.1, -0.05) is 31.0 Å². The summed E-state index contributed by atoms with van der Waals surface area (Å²) < 4.78 is 0.